The molecular formula is C33H25N3. The van der Waals surface area contributed by atoms with Crippen LogP contribution < -0.4 is 0 Å². The number of nitriles is 1. The lowest BCUT2D eigenvalue weighted by molar-refractivity contribution is 1.15. The fourth-order valence-corrected chi connectivity index (χ4v) is 5.34. The first-order chi connectivity index (χ1) is 17.5. The quantitative estimate of drug-likeness (QED) is 0.265. The van der Waals surface area contributed by atoms with Crippen LogP contribution in [-0.4, -0.2) is 9.55 Å². The predicted octanol–water partition coefficient (Wildman–Crippen LogP) is 8.31. The molecule has 2 heterocycles. The summed E-state index contributed by atoms with van der Waals surface area (Å²) in [5, 5.41) is 12.3. The van der Waals surface area contributed by atoms with Gasteiger partial charge in [-0.15, -0.1) is 0 Å². The zero-order valence-electron chi connectivity index (χ0n) is 20.6. The van der Waals surface area contributed by atoms with Gasteiger partial charge in [0.05, 0.1) is 22.7 Å². The number of aryl methyl sites for hydroxylation is 3. The van der Waals surface area contributed by atoms with E-state index in [2.05, 4.69) is 103 Å². The van der Waals surface area contributed by atoms with E-state index >= 15 is 0 Å². The largest absolute Gasteiger partial charge is 0.309 e. The molecule has 0 saturated heterocycles. The Bertz CT molecular complexity index is 1820. The van der Waals surface area contributed by atoms with E-state index in [0.717, 1.165) is 33.4 Å². The van der Waals surface area contributed by atoms with Crippen molar-refractivity contribution in [2.24, 2.45) is 0 Å². The van der Waals surface area contributed by atoms with Crippen LogP contribution in [0.4, 0.5) is 0 Å². The van der Waals surface area contributed by atoms with Crippen molar-refractivity contribution in [3.8, 4) is 34.0 Å². The fraction of sp³-hybridized carbons (Fsp3) is 0.0909. The van der Waals surface area contributed by atoms with Crippen LogP contribution in [0.15, 0.2) is 97.3 Å². The van der Waals surface area contributed by atoms with Crippen molar-refractivity contribution in [3.05, 3.63) is 120 Å². The van der Waals surface area contributed by atoms with Gasteiger partial charge in [0.25, 0.3) is 0 Å². The van der Waals surface area contributed by atoms with Crippen LogP contribution in [0.5, 0.6) is 0 Å². The molecule has 4 aromatic carbocycles. The summed E-state index contributed by atoms with van der Waals surface area (Å²) in [7, 11) is 0. The summed E-state index contributed by atoms with van der Waals surface area (Å²) >= 11 is 0. The molecule has 3 heteroatoms. The molecule has 0 aliphatic heterocycles. The zero-order valence-corrected chi connectivity index (χ0v) is 20.6. The first-order valence-corrected chi connectivity index (χ1v) is 12.1. The zero-order chi connectivity index (χ0) is 24.8. The highest BCUT2D eigenvalue weighted by molar-refractivity contribution is 6.10. The van der Waals surface area contributed by atoms with E-state index in [4.69, 9.17) is 0 Å². The van der Waals surface area contributed by atoms with Crippen molar-refractivity contribution >= 4 is 21.8 Å². The number of fused-ring (bicyclic) bond motifs is 3. The Balaban J connectivity index is 1.68. The summed E-state index contributed by atoms with van der Waals surface area (Å²) in [6, 6.07) is 32.4. The molecule has 2 aromatic heterocycles. The Labute approximate surface area is 210 Å². The highest BCUT2D eigenvalue weighted by Gasteiger charge is 2.17. The van der Waals surface area contributed by atoms with E-state index in [9.17, 15) is 5.26 Å². The average molecular weight is 464 g/mol. The number of benzene rings is 4. The van der Waals surface area contributed by atoms with Gasteiger partial charge in [0.15, 0.2) is 0 Å². The van der Waals surface area contributed by atoms with Crippen LogP contribution >= 0.6 is 0 Å². The lowest BCUT2D eigenvalue weighted by Crippen LogP contribution is -2.00. The topological polar surface area (TPSA) is 41.6 Å². The molecule has 0 radical (unpaired) electrons. The van der Waals surface area contributed by atoms with Gasteiger partial charge in [0.1, 0.15) is 0 Å². The van der Waals surface area contributed by atoms with Crippen molar-refractivity contribution in [2.75, 3.05) is 0 Å². The summed E-state index contributed by atoms with van der Waals surface area (Å²) in [5.41, 5.74) is 12.0. The molecule has 36 heavy (non-hydrogen) atoms. The number of para-hydroxylation sites is 1. The number of pyridine rings is 1. The second-order valence-electron chi connectivity index (χ2n) is 9.43. The Morgan fingerprint density at radius 2 is 1.44 bits per heavy atom. The molecular weight excluding hydrogens is 438 g/mol. The maximum atomic E-state index is 9.90. The fourth-order valence-electron chi connectivity index (χ4n) is 5.34. The van der Waals surface area contributed by atoms with E-state index in [1.165, 1.54) is 33.0 Å². The number of aromatic nitrogens is 2. The van der Waals surface area contributed by atoms with Gasteiger partial charge in [-0.2, -0.15) is 5.26 Å². The predicted molar refractivity (Wildman–Crippen MR) is 148 cm³/mol. The minimum absolute atomic E-state index is 0.666. The second-order valence-corrected chi connectivity index (χ2v) is 9.43. The van der Waals surface area contributed by atoms with Crippen molar-refractivity contribution in [3.63, 3.8) is 0 Å². The van der Waals surface area contributed by atoms with Crippen molar-refractivity contribution in [2.45, 2.75) is 20.8 Å². The lowest BCUT2D eigenvalue weighted by atomic mass is 9.97. The summed E-state index contributed by atoms with van der Waals surface area (Å²) in [6.45, 7) is 6.39. The van der Waals surface area contributed by atoms with Gasteiger partial charge >= 0.3 is 0 Å². The van der Waals surface area contributed by atoms with Crippen LogP contribution in [0.1, 0.15) is 22.3 Å². The molecule has 0 aliphatic rings. The number of rotatable bonds is 3. The lowest BCUT2D eigenvalue weighted by Gasteiger charge is -2.15. The minimum atomic E-state index is 0.666. The number of nitrogens with zero attached hydrogens (tertiary/aromatic N) is 3. The molecule has 172 valence electrons. The Morgan fingerprint density at radius 3 is 2.22 bits per heavy atom. The van der Waals surface area contributed by atoms with Gasteiger partial charge in [-0.3, -0.25) is 4.98 Å². The van der Waals surface area contributed by atoms with Crippen LogP contribution in [0.2, 0.25) is 0 Å². The molecule has 0 atom stereocenters. The minimum Gasteiger partial charge on any atom is -0.309 e. The summed E-state index contributed by atoms with van der Waals surface area (Å²) in [6.07, 6.45) is 3.54. The molecule has 0 saturated carbocycles. The molecule has 6 rings (SSSR count). The monoisotopic (exact) mass is 463 g/mol. The third-order valence-corrected chi connectivity index (χ3v) is 7.06. The van der Waals surface area contributed by atoms with Crippen molar-refractivity contribution in [1.82, 2.24) is 9.55 Å². The van der Waals surface area contributed by atoms with Gasteiger partial charge in [0, 0.05) is 34.4 Å². The highest BCUT2D eigenvalue weighted by atomic mass is 15.0. The summed E-state index contributed by atoms with van der Waals surface area (Å²) in [5.74, 6) is 0. The Hall–Kier alpha value is -4.68. The van der Waals surface area contributed by atoms with E-state index in [1.807, 2.05) is 18.2 Å². The van der Waals surface area contributed by atoms with Crippen LogP contribution in [0.3, 0.4) is 0 Å². The van der Waals surface area contributed by atoms with Crippen molar-refractivity contribution < 1.29 is 0 Å². The molecule has 0 unspecified atom stereocenters. The van der Waals surface area contributed by atoms with Gasteiger partial charge < -0.3 is 4.57 Å². The first kappa shape index (κ1) is 21.8. The molecule has 0 spiro atoms. The third-order valence-electron chi connectivity index (χ3n) is 7.06. The van der Waals surface area contributed by atoms with Crippen LogP contribution in [0.25, 0.3) is 49.7 Å². The normalized spacial score (nSPS) is 11.2. The smallest absolute Gasteiger partial charge is 0.0998 e. The Morgan fingerprint density at radius 1 is 0.667 bits per heavy atom. The van der Waals surface area contributed by atoms with Gasteiger partial charge in [-0.25, -0.2) is 0 Å². The molecule has 0 N–H and O–H groups in total. The standard InChI is InChI=1S/C33H25N3/c1-21-8-10-27(22(2)16-21)25-9-11-29-28-6-4-5-7-31(28)36(33(29)18-25)32-19-30(24-12-14-35-15-13-24)26(20-34)17-23(32)3/h4-19H,1-3H3. The van der Waals surface area contributed by atoms with Gasteiger partial charge in [-0.1, -0.05) is 54.1 Å². The molecule has 0 bridgehead atoms. The summed E-state index contributed by atoms with van der Waals surface area (Å²) < 4.78 is 2.35. The first-order valence-electron chi connectivity index (χ1n) is 12.1. The van der Waals surface area contributed by atoms with Gasteiger partial charge in [-0.05, 0) is 85.0 Å². The highest BCUT2D eigenvalue weighted by Crippen LogP contribution is 2.38. The maximum Gasteiger partial charge on any atom is 0.0998 e. The molecule has 0 fully saturated rings. The van der Waals surface area contributed by atoms with Crippen molar-refractivity contribution in [1.29, 1.82) is 5.26 Å². The van der Waals surface area contributed by atoms with E-state index in [-0.39, 0.29) is 0 Å². The molecule has 0 aliphatic carbocycles. The maximum absolute atomic E-state index is 9.90. The van der Waals surface area contributed by atoms with E-state index in [0.29, 0.717) is 5.56 Å². The van der Waals surface area contributed by atoms with Crippen LogP contribution in [0, 0.1) is 32.1 Å². The molecule has 3 nitrogen and oxygen atoms in total. The third kappa shape index (κ3) is 3.47. The van der Waals surface area contributed by atoms with E-state index < -0.39 is 0 Å². The average Bonchev–Trinajstić information content (AvgIpc) is 3.22. The second kappa shape index (κ2) is 8.52. The number of hydrogen-bond donors (Lipinski definition) is 0. The van der Waals surface area contributed by atoms with E-state index in [1.54, 1.807) is 12.4 Å². The molecule has 6 aromatic rings. The Kier molecular flexibility index (Phi) is 5.16. The summed E-state index contributed by atoms with van der Waals surface area (Å²) in [4.78, 5) is 4.16. The SMILES string of the molecule is Cc1ccc(-c2ccc3c4ccccc4n(-c4cc(-c5ccncc5)c(C#N)cc4C)c3c2)c(C)c1. The van der Waals surface area contributed by atoms with Gasteiger partial charge in [0.2, 0.25) is 0 Å². The molecule has 0 amide bonds. The van der Waals surface area contributed by atoms with Crippen LogP contribution in [-0.2, 0) is 0 Å². The number of hydrogen-bond acceptors (Lipinski definition) is 2.